The number of carbonyl (C=O) groups is 2. The lowest BCUT2D eigenvalue weighted by Crippen LogP contribution is -2.39. The second-order valence-electron chi connectivity index (χ2n) is 7.38. The minimum atomic E-state index is -1.12. The van der Waals surface area contributed by atoms with Crippen LogP contribution in [0.15, 0.2) is 11.6 Å². The van der Waals surface area contributed by atoms with Crippen molar-refractivity contribution < 1.29 is 24.2 Å². The molecule has 1 aliphatic heterocycles. The topological polar surface area (TPSA) is 72.8 Å². The number of allylic oxidation sites excluding steroid dienone is 1. The van der Waals surface area contributed by atoms with Crippen LogP contribution in [-0.4, -0.2) is 35.9 Å². The summed E-state index contributed by atoms with van der Waals surface area (Å²) in [5, 5.41) is 9.75. The first-order chi connectivity index (χ1) is 12.5. The third-order valence-corrected chi connectivity index (χ3v) is 4.99. The van der Waals surface area contributed by atoms with Crippen LogP contribution in [0.2, 0.25) is 0 Å². The highest BCUT2D eigenvalue weighted by Gasteiger charge is 2.44. The van der Waals surface area contributed by atoms with Crippen LogP contribution in [0.5, 0.6) is 0 Å². The Morgan fingerprint density at radius 1 is 1.23 bits per heavy atom. The molecule has 1 N–H and O–H groups in total. The van der Waals surface area contributed by atoms with Crippen LogP contribution in [0.25, 0.3) is 0 Å². The van der Waals surface area contributed by atoms with E-state index in [4.69, 9.17) is 9.47 Å². The Morgan fingerprint density at radius 2 is 1.96 bits per heavy atom. The molecular formula is C21H36O5. The molecule has 26 heavy (non-hydrogen) atoms. The molecule has 0 radical (unpaired) electrons. The highest BCUT2D eigenvalue weighted by atomic mass is 16.6. The van der Waals surface area contributed by atoms with E-state index in [1.165, 1.54) is 0 Å². The highest BCUT2D eigenvalue weighted by Crippen LogP contribution is 2.33. The van der Waals surface area contributed by atoms with Crippen molar-refractivity contribution in [2.75, 3.05) is 13.2 Å². The van der Waals surface area contributed by atoms with Gasteiger partial charge in [0.1, 0.15) is 6.61 Å². The predicted molar refractivity (Wildman–Crippen MR) is 102 cm³/mol. The summed E-state index contributed by atoms with van der Waals surface area (Å²) in [6.45, 7) is 5.96. The Bertz CT molecular complexity index is 471. The zero-order valence-electron chi connectivity index (χ0n) is 16.7. The van der Waals surface area contributed by atoms with Gasteiger partial charge in [0.05, 0.1) is 6.61 Å². The number of cyclic esters (lactones) is 1. The Hall–Kier alpha value is -1.36. The SMILES string of the molecule is CCCCCCC(=O)OCC1(CO)C/C(=C/C(CC)CCCC)C(=O)O1. The van der Waals surface area contributed by atoms with E-state index in [1.807, 2.05) is 6.08 Å². The average Bonchev–Trinajstić information content (AvgIpc) is 2.96. The summed E-state index contributed by atoms with van der Waals surface area (Å²) in [5.41, 5.74) is -0.522. The van der Waals surface area contributed by atoms with Gasteiger partial charge in [-0.15, -0.1) is 0 Å². The molecule has 0 amide bonds. The lowest BCUT2D eigenvalue weighted by atomic mass is 9.93. The van der Waals surface area contributed by atoms with Crippen LogP contribution in [0.3, 0.4) is 0 Å². The summed E-state index contributed by atoms with van der Waals surface area (Å²) in [6.07, 6.45) is 11.0. The molecule has 0 aromatic carbocycles. The molecule has 1 heterocycles. The maximum Gasteiger partial charge on any atom is 0.334 e. The minimum absolute atomic E-state index is 0.0784. The monoisotopic (exact) mass is 368 g/mol. The zero-order valence-corrected chi connectivity index (χ0v) is 16.7. The molecule has 1 saturated heterocycles. The van der Waals surface area contributed by atoms with Gasteiger partial charge in [-0.2, -0.15) is 0 Å². The molecule has 2 unspecified atom stereocenters. The Kier molecular flexibility index (Phi) is 10.6. The number of aliphatic hydroxyl groups excluding tert-OH is 1. The van der Waals surface area contributed by atoms with Gasteiger partial charge in [-0.1, -0.05) is 59.0 Å². The fourth-order valence-corrected chi connectivity index (χ4v) is 3.20. The van der Waals surface area contributed by atoms with Gasteiger partial charge in [-0.3, -0.25) is 4.79 Å². The lowest BCUT2D eigenvalue weighted by molar-refractivity contribution is -0.166. The van der Waals surface area contributed by atoms with E-state index in [0.717, 1.165) is 51.4 Å². The zero-order chi connectivity index (χ0) is 19.4. The van der Waals surface area contributed by atoms with Gasteiger partial charge < -0.3 is 14.6 Å². The van der Waals surface area contributed by atoms with Gasteiger partial charge in [-0.05, 0) is 25.2 Å². The maximum atomic E-state index is 12.2. The van der Waals surface area contributed by atoms with Crippen molar-refractivity contribution >= 4 is 11.9 Å². The van der Waals surface area contributed by atoms with E-state index < -0.39 is 11.6 Å². The number of unbranched alkanes of at least 4 members (excludes halogenated alkanes) is 4. The number of aliphatic hydroxyl groups is 1. The summed E-state index contributed by atoms with van der Waals surface area (Å²) in [5.74, 6) is -0.349. The first kappa shape index (κ1) is 22.7. The molecule has 0 aromatic rings. The van der Waals surface area contributed by atoms with E-state index in [1.54, 1.807) is 0 Å². The number of esters is 2. The second kappa shape index (κ2) is 12.1. The van der Waals surface area contributed by atoms with Gasteiger partial charge in [0.2, 0.25) is 0 Å². The van der Waals surface area contributed by atoms with Crippen LogP contribution in [0.4, 0.5) is 0 Å². The van der Waals surface area contributed by atoms with Crippen LogP contribution in [0.1, 0.15) is 85.0 Å². The molecule has 2 atom stereocenters. The van der Waals surface area contributed by atoms with Crippen molar-refractivity contribution in [3.8, 4) is 0 Å². The highest BCUT2D eigenvalue weighted by molar-refractivity contribution is 5.91. The predicted octanol–water partition coefficient (Wildman–Crippen LogP) is 4.32. The van der Waals surface area contributed by atoms with Crippen molar-refractivity contribution in [1.29, 1.82) is 0 Å². The van der Waals surface area contributed by atoms with E-state index in [2.05, 4.69) is 20.8 Å². The maximum absolute atomic E-state index is 12.2. The molecular weight excluding hydrogens is 332 g/mol. The number of ether oxygens (including phenoxy) is 2. The number of carbonyl (C=O) groups excluding carboxylic acids is 2. The van der Waals surface area contributed by atoms with Crippen LogP contribution < -0.4 is 0 Å². The molecule has 0 aromatic heterocycles. The summed E-state index contributed by atoms with van der Waals surface area (Å²) in [6, 6.07) is 0. The van der Waals surface area contributed by atoms with Crippen molar-refractivity contribution in [3.63, 3.8) is 0 Å². The van der Waals surface area contributed by atoms with Gasteiger partial charge in [-0.25, -0.2) is 4.79 Å². The van der Waals surface area contributed by atoms with Crippen molar-refractivity contribution in [1.82, 2.24) is 0 Å². The summed E-state index contributed by atoms with van der Waals surface area (Å²) >= 11 is 0. The van der Waals surface area contributed by atoms with Crippen molar-refractivity contribution in [2.45, 2.75) is 90.6 Å². The number of hydrogen-bond acceptors (Lipinski definition) is 5. The molecule has 0 saturated carbocycles. The van der Waals surface area contributed by atoms with Gasteiger partial charge in [0.15, 0.2) is 5.60 Å². The fraction of sp³-hybridized carbons (Fsp3) is 0.810. The van der Waals surface area contributed by atoms with E-state index in [9.17, 15) is 14.7 Å². The van der Waals surface area contributed by atoms with Gasteiger partial charge >= 0.3 is 11.9 Å². The van der Waals surface area contributed by atoms with Gasteiger partial charge in [0, 0.05) is 18.4 Å². The summed E-state index contributed by atoms with van der Waals surface area (Å²) in [7, 11) is 0. The standard InChI is InChI=1S/C21H36O5/c1-4-7-9-10-12-19(23)25-16-21(15-22)14-18(20(24)26-21)13-17(6-3)11-8-5-2/h13,17,22H,4-12,14-16H2,1-3H3/b18-13-. The number of rotatable bonds is 13. The van der Waals surface area contributed by atoms with E-state index >= 15 is 0 Å². The normalized spacial score (nSPS) is 22.5. The molecule has 150 valence electrons. The summed E-state index contributed by atoms with van der Waals surface area (Å²) < 4.78 is 10.7. The van der Waals surface area contributed by atoms with E-state index in [-0.39, 0.29) is 19.2 Å². The number of hydrogen-bond donors (Lipinski definition) is 1. The third-order valence-electron chi connectivity index (χ3n) is 4.99. The molecule has 0 bridgehead atoms. The molecule has 0 aliphatic carbocycles. The molecule has 0 spiro atoms. The largest absolute Gasteiger partial charge is 0.461 e. The van der Waals surface area contributed by atoms with E-state index in [0.29, 0.717) is 24.3 Å². The minimum Gasteiger partial charge on any atom is -0.461 e. The Labute approximate surface area is 158 Å². The molecule has 1 rings (SSSR count). The van der Waals surface area contributed by atoms with Gasteiger partial charge in [0.25, 0.3) is 0 Å². The van der Waals surface area contributed by atoms with Crippen LogP contribution >= 0.6 is 0 Å². The van der Waals surface area contributed by atoms with Crippen molar-refractivity contribution in [2.24, 2.45) is 5.92 Å². The molecule has 1 fully saturated rings. The first-order valence-corrected chi connectivity index (χ1v) is 10.2. The smallest absolute Gasteiger partial charge is 0.334 e. The quantitative estimate of drug-likeness (QED) is 0.298. The Morgan fingerprint density at radius 3 is 2.58 bits per heavy atom. The molecule has 5 heteroatoms. The Balaban J connectivity index is 2.58. The fourth-order valence-electron chi connectivity index (χ4n) is 3.20. The second-order valence-corrected chi connectivity index (χ2v) is 7.38. The average molecular weight is 369 g/mol. The van der Waals surface area contributed by atoms with Crippen LogP contribution in [-0.2, 0) is 19.1 Å². The summed E-state index contributed by atoms with van der Waals surface area (Å²) in [4.78, 5) is 24.1. The third kappa shape index (κ3) is 7.48. The first-order valence-electron chi connectivity index (χ1n) is 10.2. The van der Waals surface area contributed by atoms with Crippen molar-refractivity contribution in [3.05, 3.63) is 11.6 Å². The van der Waals surface area contributed by atoms with Crippen LogP contribution in [0, 0.1) is 5.92 Å². The molecule has 5 nitrogen and oxygen atoms in total. The lowest BCUT2D eigenvalue weighted by Gasteiger charge is -2.24. The molecule has 1 aliphatic rings.